The van der Waals surface area contributed by atoms with Gasteiger partial charge in [-0.15, -0.1) is 0 Å². The molecular formula is C19H22BrN3O3S. The van der Waals surface area contributed by atoms with Gasteiger partial charge in [-0.3, -0.25) is 4.79 Å². The first-order valence-corrected chi connectivity index (χ1v) is 10.9. The second-order valence-corrected chi connectivity index (χ2v) is 9.52. The predicted molar refractivity (Wildman–Crippen MR) is 110 cm³/mol. The molecule has 3 rings (SSSR count). The molecule has 2 aromatic carbocycles. The molecule has 0 radical (unpaired) electrons. The molecule has 144 valence electrons. The van der Waals surface area contributed by atoms with Crippen LogP contribution in [0.2, 0.25) is 0 Å². The van der Waals surface area contributed by atoms with Gasteiger partial charge in [0.05, 0.1) is 4.90 Å². The van der Waals surface area contributed by atoms with Crippen molar-refractivity contribution in [3.05, 3.63) is 58.6 Å². The van der Waals surface area contributed by atoms with Crippen molar-refractivity contribution in [2.24, 2.45) is 0 Å². The first-order chi connectivity index (χ1) is 12.8. The zero-order valence-electron chi connectivity index (χ0n) is 15.3. The number of halogens is 1. The highest BCUT2D eigenvalue weighted by atomic mass is 79.9. The van der Waals surface area contributed by atoms with Crippen molar-refractivity contribution in [3.63, 3.8) is 0 Å². The van der Waals surface area contributed by atoms with E-state index in [1.807, 2.05) is 18.2 Å². The van der Waals surface area contributed by atoms with E-state index in [0.717, 1.165) is 23.1 Å². The summed E-state index contributed by atoms with van der Waals surface area (Å²) in [6, 6.07) is 14.8. The zero-order valence-corrected chi connectivity index (χ0v) is 17.7. The molecule has 1 heterocycles. The first kappa shape index (κ1) is 19.9. The fourth-order valence-electron chi connectivity index (χ4n) is 3.02. The highest BCUT2D eigenvalue weighted by molar-refractivity contribution is 9.10. The Morgan fingerprint density at radius 3 is 2.22 bits per heavy atom. The van der Waals surface area contributed by atoms with E-state index in [-0.39, 0.29) is 10.8 Å². The van der Waals surface area contributed by atoms with Gasteiger partial charge in [-0.05, 0) is 46.3 Å². The third kappa shape index (κ3) is 4.17. The Morgan fingerprint density at radius 2 is 1.63 bits per heavy atom. The SMILES string of the molecule is CN(C)S(=O)(=O)c1cc(C(=O)N2CCN(c3ccccc3)CC2)ccc1Br. The lowest BCUT2D eigenvalue weighted by molar-refractivity contribution is 0.0746. The molecule has 1 fully saturated rings. The van der Waals surface area contributed by atoms with Crippen LogP contribution < -0.4 is 4.90 Å². The molecule has 0 saturated carbocycles. The van der Waals surface area contributed by atoms with Crippen molar-refractivity contribution in [2.45, 2.75) is 4.90 Å². The van der Waals surface area contributed by atoms with E-state index in [1.54, 1.807) is 17.0 Å². The summed E-state index contributed by atoms with van der Waals surface area (Å²) >= 11 is 3.28. The molecular weight excluding hydrogens is 430 g/mol. The number of rotatable bonds is 4. The summed E-state index contributed by atoms with van der Waals surface area (Å²) in [5.41, 5.74) is 1.53. The maximum atomic E-state index is 12.9. The van der Waals surface area contributed by atoms with Crippen LogP contribution in [-0.2, 0) is 10.0 Å². The molecule has 2 aromatic rings. The third-order valence-corrected chi connectivity index (χ3v) is 7.43. The molecule has 1 amide bonds. The minimum absolute atomic E-state index is 0.0984. The number of nitrogens with zero attached hydrogens (tertiary/aromatic N) is 3. The number of sulfonamides is 1. The maximum Gasteiger partial charge on any atom is 0.254 e. The number of benzene rings is 2. The molecule has 0 aromatic heterocycles. The number of hydrogen-bond acceptors (Lipinski definition) is 4. The van der Waals surface area contributed by atoms with Gasteiger partial charge in [0.2, 0.25) is 10.0 Å². The topological polar surface area (TPSA) is 60.9 Å². The monoisotopic (exact) mass is 451 g/mol. The number of amides is 1. The smallest absolute Gasteiger partial charge is 0.254 e. The summed E-state index contributed by atoms with van der Waals surface area (Å²) in [5, 5.41) is 0. The summed E-state index contributed by atoms with van der Waals surface area (Å²) in [5.74, 6) is -0.148. The average molecular weight is 452 g/mol. The number of carbonyl (C=O) groups is 1. The van der Waals surface area contributed by atoms with E-state index >= 15 is 0 Å². The van der Waals surface area contributed by atoms with Crippen molar-refractivity contribution >= 4 is 37.5 Å². The summed E-state index contributed by atoms with van der Waals surface area (Å²) in [4.78, 5) is 17.0. The summed E-state index contributed by atoms with van der Waals surface area (Å²) < 4.78 is 26.5. The van der Waals surface area contributed by atoms with Crippen LogP contribution in [0.1, 0.15) is 10.4 Å². The van der Waals surface area contributed by atoms with Gasteiger partial charge in [0.1, 0.15) is 0 Å². The van der Waals surface area contributed by atoms with Crippen LogP contribution in [0.4, 0.5) is 5.69 Å². The summed E-state index contributed by atoms with van der Waals surface area (Å²) in [7, 11) is -0.689. The molecule has 1 aliphatic heterocycles. The maximum absolute atomic E-state index is 12.9. The van der Waals surface area contributed by atoms with Crippen LogP contribution in [0, 0.1) is 0 Å². The van der Waals surface area contributed by atoms with Crippen LogP contribution >= 0.6 is 15.9 Å². The number of piperazine rings is 1. The second-order valence-electron chi connectivity index (χ2n) is 6.55. The largest absolute Gasteiger partial charge is 0.368 e. The van der Waals surface area contributed by atoms with Crippen molar-refractivity contribution in [1.29, 1.82) is 0 Å². The van der Waals surface area contributed by atoms with E-state index in [9.17, 15) is 13.2 Å². The standard InChI is InChI=1S/C19H22BrN3O3S/c1-21(2)27(25,26)18-14-15(8-9-17(18)20)19(24)23-12-10-22(11-13-23)16-6-4-3-5-7-16/h3-9,14H,10-13H2,1-2H3. The molecule has 1 aliphatic rings. The van der Waals surface area contributed by atoms with E-state index in [0.29, 0.717) is 23.1 Å². The Labute approximate surface area is 168 Å². The van der Waals surface area contributed by atoms with E-state index < -0.39 is 10.0 Å². The van der Waals surface area contributed by atoms with Crippen molar-refractivity contribution < 1.29 is 13.2 Å². The van der Waals surface area contributed by atoms with Gasteiger partial charge in [0.15, 0.2) is 0 Å². The van der Waals surface area contributed by atoms with Gasteiger partial charge in [0, 0.05) is 56.0 Å². The van der Waals surface area contributed by atoms with Crippen molar-refractivity contribution in [1.82, 2.24) is 9.21 Å². The minimum Gasteiger partial charge on any atom is -0.368 e. The third-order valence-electron chi connectivity index (χ3n) is 4.63. The van der Waals surface area contributed by atoms with Crippen LogP contribution in [0.25, 0.3) is 0 Å². The molecule has 0 spiro atoms. The highest BCUT2D eigenvalue weighted by Gasteiger charge is 2.26. The van der Waals surface area contributed by atoms with Gasteiger partial charge in [-0.25, -0.2) is 12.7 Å². The number of carbonyl (C=O) groups excluding carboxylic acids is 1. The van der Waals surface area contributed by atoms with Gasteiger partial charge in [-0.1, -0.05) is 18.2 Å². The van der Waals surface area contributed by atoms with Gasteiger partial charge in [0.25, 0.3) is 5.91 Å². The van der Waals surface area contributed by atoms with Gasteiger partial charge < -0.3 is 9.80 Å². The fourth-order valence-corrected chi connectivity index (χ4v) is 4.86. The quantitative estimate of drug-likeness (QED) is 0.716. The van der Waals surface area contributed by atoms with Gasteiger partial charge in [-0.2, -0.15) is 0 Å². The lowest BCUT2D eigenvalue weighted by atomic mass is 10.1. The Bertz CT molecular complexity index is 924. The Balaban J connectivity index is 1.76. The highest BCUT2D eigenvalue weighted by Crippen LogP contribution is 2.26. The first-order valence-electron chi connectivity index (χ1n) is 8.62. The van der Waals surface area contributed by atoms with Crippen LogP contribution in [0.5, 0.6) is 0 Å². The van der Waals surface area contributed by atoms with Crippen molar-refractivity contribution in [2.75, 3.05) is 45.2 Å². The molecule has 0 atom stereocenters. The lowest BCUT2D eigenvalue weighted by Gasteiger charge is -2.36. The molecule has 27 heavy (non-hydrogen) atoms. The van der Waals surface area contributed by atoms with E-state index in [4.69, 9.17) is 0 Å². The Kier molecular flexibility index (Phi) is 5.88. The normalized spacial score (nSPS) is 15.3. The number of anilines is 1. The number of para-hydroxylation sites is 1. The zero-order chi connectivity index (χ0) is 19.6. The van der Waals surface area contributed by atoms with E-state index in [1.165, 1.54) is 20.2 Å². The average Bonchev–Trinajstić information content (AvgIpc) is 2.68. The second kappa shape index (κ2) is 8.00. The molecule has 8 heteroatoms. The van der Waals surface area contributed by atoms with Gasteiger partial charge >= 0.3 is 0 Å². The van der Waals surface area contributed by atoms with Crippen LogP contribution in [0.15, 0.2) is 57.9 Å². The predicted octanol–water partition coefficient (Wildman–Crippen LogP) is 2.66. The van der Waals surface area contributed by atoms with Crippen LogP contribution in [0.3, 0.4) is 0 Å². The number of hydrogen-bond donors (Lipinski definition) is 0. The summed E-state index contributed by atoms with van der Waals surface area (Å²) in [6.07, 6.45) is 0. The van der Waals surface area contributed by atoms with Crippen molar-refractivity contribution in [3.8, 4) is 0 Å². The minimum atomic E-state index is -3.63. The van der Waals surface area contributed by atoms with Crippen LogP contribution in [-0.4, -0.2) is 63.8 Å². The van der Waals surface area contributed by atoms with E-state index in [2.05, 4.69) is 33.0 Å². The fraction of sp³-hybridized carbons (Fsp3) is 0.316. The Morgan fingerprint density at radius 1 is 1.00 bits per heavy atom. The lowest BCUT2D eigenvalue weighted by Crippen LogP contribution is -2.48. The molecule has 6 nitrogen and oxygen atoms in total. The Hall–Kier alpha value is -1.90. The molecule has 0 bridgehead atoms. The molecule has 0 aliphatic carbocycles. The molecule has 0 N–H and O–H groups in total. The molecule has 0 unspecified atom stereocenters. The molecule has 1 saturated heterocycles. The summed E-state index contributed by atoms with van der Waals surface area (Å²) in [6.45, 7) is 2.68.